The molecule has 168 valence electrons. The average Bonchev–Trinajstić information content (AvgIpc) is 2.84. The highest BCUT2D eigenvalue weighted by Crippen LogP contribution is 2.25. The van der Waals surface area contributed by atoms with Crippen LogP contribution in [0, 0.1) is 11.3 Å². The molecule has 3 aromatic rings. The summed E-state index contributed by atoms with van der Waals surface area (Å²) in [4.78, 5) is 14.4. The van der Waals surface area contributed by atoms with Gasteiger partial charge in [-0.1, -0.05) is 36.4 Å². The van der Waals surface area contributed by atoms with Gasteiger partial charge in [0.1, 0.15) is 17.6 Å². The van der Waals surface area contributed by atoms with Crippen molar-refractivity contribution in [3.8, 4) is 17.6 Å². The maximum atomic E-state index is 12.2. The van der Waals surface area contributed by atoms with Crippen molar-refractivity contribution < 1.29 is 14.6 Å². The molecule has 0 bridgehead atoms. The summed E-state index contributed by atoms with van der Waals surface area (Å²) in [7, 11) is 0. The Morgan fingerprint density at radius 1 is 1.06 bits per heavy atom. The van der Waals surface area contributed by atoms with Crippen LogP contribution in [0.4, 0.5) is 10.5 Å². The Labute approximate surface area is 193 Å². The van der Waals surface area contributed by atoms with Crippen LogP contribution in [-0.4, -0.2) is 41.8 Å². The minimum absolute atomic E-state index is 0.163. The molecule has 1 aliphatic heterocycles. The van der Waals surface area contributed by atoms with Crippen molar-refractivity contribution in [2.45, 2.75) is 19.1 Å². The first kappa shape index (κ1) is 22.3. The van der Waals surface area contributed by atoms with Gasteiger partial charge in [0.15, 0.2) is 0 Å². The van der Waals surface area contributed by atoms with Gasteiger partial charge in [-0.05, 0) is 53.9 Å². The van der Waals surface area contributed by atoms with E-state index in [4.69, 9.17) is 10.00 Å². The van der Waals surface area contributed by atoms with E-state index in [9.17, 15) is 9.90 Å². The van der Waals surface area contributed by atoms with E-state index in [-0.39, 0.29) is 12.6 Å². The van der Waals surface area contributed by atoms with Gasteiger partial charge < -0.3 is 20.5 Å². The van der Waals surface area contributed by atoms with E-state index in [0.717, 1.165) is 19.5 Å². The van der Waals surface area contributed by atoms with Gasteiger partial charge in [-0.3, -0.25) is 4.90 Å². The fourth-order valence-electron chi connectivity index (χ4n) is 3.84. The zero-order valence-corrected chi connectivity index (χ0v) is 18.2. The molecule has 3 N–H and O–H groups in total. The quantitative estimate of drug-likeness (QED) is 0.516. The van der Waals surface area contributed by atoms with Gasteiger partial charge in [0.25, 0.3) is 0 Å². The van der Waals surface area contributed by atoms with Crippen LogP contribution < -0.4 is 15.4 Å². The Bertz CT molecular complexity index is 1140. The number of aliphatic hydroxyl groups excluding tert-OH is 1. The first-order chi connectivity index (χ1) is 16.1. The summed E-state index contributed by atoms with van der Waals surface area (Å²) >= 11 is 0. The van der Waals surface area contributed by atoms with Crippen LogP contribution in [0.1, 0.15) is 16.7 Å². The van der Waals surface area contributed by atoms with Crippen LogP contribution in [0.2, 0.25) is 0 Å². The summed E-state index contributed by atoms with van der Waals surface area (Å²) in [6.45, 7) is 2.38. The highest BCUT2D eigenvalue weighted by atomic mass is 16.5. The van der Waals surface area contributed by atoms with Gasteiger partial charge in [0, 0.05) is 31.9 Å². The lowest BCUT2D eigenvalue weighted by atomic mass is 10.00. The van der Waals surface area contributed by atoms with Gasteiger partial charge in [-0.2, -0.15) is 5.26 Å². The molecule has 0 aromatic heterocycles. The molecular formula is C26H26N4O3. The smallest absolute Gasteiger partial charge is 0.319 e. The number of urea groups is 1. The zero-order chi connectivity index (χ0) is 23.0. The van der Waals surface area contributed by atoms with Gasteiger partial charge in [0.05, 0.1) is 11.7 Å². The second kappa shape index (κ2) is 10.6. The number of aliphatic hydroxyl groups is 1. The number of benzene rings is 3. The average molecular weight is 443 g/mol. The lowest BCUT2D eigenvalue weighted by Crippen LogP contribution is -2.42. The highest BCUT2D eigenvalue weighted by Gasteiger charge is 2.18. The van der Waals surface area contributed by atoms with E-state index in [1.807, 2.05) is 6.07 Å². The normalized spacial score (nSPS) is 13.9. The van der Waals surface area contributed by atoms with Crippen LogP contribution in [0.25, 0.3) is 0 Å². The fraction of sp³-hybridized carbons (Fsp3) is 0.231. The first-order valence-electron chi connectivity index (χ1n) is 10.9. The molecule has 0 spiro atoms. The Morgan fingerprint density at radius 2 is 1.79 bits per heavy atom. The van der Waals surface area contributed by atoms with Gasteiger partial charge >= 0.3 is 6.03 Å². The predicted octanol–water partition coefficient (Wildman–Crippen LogP) is 3.89. The van der Waals surface area contributed by atoms with Crippen molar-refractivity contribution in [2.24, 2.45) is 0 Å². The van der Waals surface area contributed by atoms with Crippen molar-refractivity contribution in [3.05, 3.63) is 89.5 Å². The van der Waals surface area contributed by atoms with Crippen LogP contribution in [0.3, 0.4) is 0 Å². The third-order valence-corrected chi connectivity index (χ3v) is 5.52. The van der Waals surface area contributed by atoms with Gasteiger partial charge in [-0.15, -0.1) is 0 Å². The highest BCUT2D eigenvalue weighted by molar-refractivity contribution is 5.89. The van der Waals surface area contributed by atoms with E-state index in [0.29, 0.717) is 29.3 Å². The fourth-order valence-corrected chi connectivity index (χ4v) is 3.84. The summed E-state index contributed by atoms with van der Waals surface area (Å²) < 4.78 is 5.74. The molecule has 1 unspecified atom stereocenters. The van der Waals surface area contributed by atoms with Gasteiger partial charge in [-0.25, -0.2) is 4.79 Å². The Balaban J connectivity index is 1.21. The molecule has 3 aromatic carbocycles. The number of fused-ring (bicyclic) bond motifs is 1. The number of anilines is 1. The Kier molecular flexibility index (Phi) is 7.20. The number of ether oxygens (including phenoxy) is 1. The maximum Gasteiger partial charge on any atom is 0.319 e. The van der Waals surface area contributed by atoms with E-state index in [2.05, 4.69) is 39.8 Å². The number of rotatable bonds is 7. The van der Waals surface area contributed by atoms with Crippen LogP contribution in [0.5, 0.6) is 11.5 Å². The van der Waals surface area contributed by atoms with Crippen molar-refractivity contribution in [3.63, 3.8) is 0 Å². The summed E-state index contributed by atoms with van der Waals surface area (Å²) in [6.07, 6.45) is 0.315. The molecule has 7 heteroatoms. The second-order valence-electron chi connectivity index (χ2n) is 7.98. The number of nitriles is 1. The standard InChI is InChI=1S/C26H26N4O3/c27-15-20-6-3-4-8-25(20)33-24-11-9-22(10-12-24)29-26(32)28-16-23(31)18-30-14-13-19-5-1-2-7-21(19)17-30/h1-12,23,31H,13-14,16-18H2,(H2,28,29,32). The van der Waals surface area contributed by atoms with E-state index in [1.54, 1.807) is 48.5 Å². The maximum absolute atomic E-state index is 12.2. The molecule has 1 aliphatic rings. The van der Waals surface area contributed by atoms with Crippen molar-refractivity contribution in [2.75, 3.05) is 25.0 Å². The number of nitrogens with zero attached hydrogens (tertiary/aromatic N) is 2. The number of carbonyl (C=O) groups excluding carboxylic acids is 1. The monoisotopic (exact) mass is 442 g/mol. The third-order valence-electron chi connectivity index (χ3n) is 5.52. The topological polar surface area (TPSA) is 97.6 Å². The van der Waals surface area contributed by atoms with Crippen molar-refractivity contribution in [1.82, 2.24) is 10.2 Å². The summed E-state index contributed by atoms with van der Waals surface area (Å²) in [6, 6.07) is 23.9. The van der Waals surface area contributed by atoms with Crippen LogP contribution in [-0.2, 0) is 13.0 Å². The predicted molar refractivity (Wildman–Crippen MR) is 126 cm³/mol. The molecule has 4 rings (SSSR count). The number of nitrogens with one attached hydrogen (secondary N) is 2. The molecule has 0 aliphatic carbocycles. The van der Waals surface area contributed by atoms with Crippen molar-refractivity contribution >= 4 is 11.7 Å². The summed E-state index contributed by atoms with van der Waals surface area (Å²) in [5.41, 5.74) is 3.71. The molecule has 7 nitrogen and oxygen atoms in total. The molecule has 1 atom stereocenters. The molecule has 0 saturated carbocycles. The minimum atomic E-state index is -0.656. The number of carbonyl (C=O) groups is 1. The largest absolute Gasteiger partial charge is 0.456 e. The molecular weight excluding hydrogens is 416 g/mol. The van der Waals surface area contributed by atoms with Crippen molar-refractivity contribution in [1.29, 1.82) is 5.26 Å². The molecule has 0 saturated heterocycles. The zero-order valence-electron chi connectivity index (χ0n) is 18.2. The second-order valence-corrected chi connectivity index (χ2v) is 7.98. The van der Waals surface area contributed by atoms with Gasteiger partial charge in [0.2, 0.25) is 0 Å². The summed E-state index contributed by atoms with van der Waals surface area (Å²) in [5.74, 6) is 1.03. The molecule has 33 heavy (non-hydrogen) atoms. The first-order valence-corrected chi connectivity index (χ1v) is 10.9. The van der Waals surface area contributed by atoms with Crippen LogP contribution >= 0.6 is 0 Å². The Morgan fingerprint density at radius 3 is 2.58 bits per heavy atom. The lowest BCUT2D eigenvalue weighted by Gasteiger charge is -2.30. The molecule has 0 fully saturated rings. The lowest BCUT2D eigenvalue weighted by molar-refractivity contribution is 0.106. The Hall–Kier alpha value is -3.86. The third kappa shape index (κ3) is 6.10. The number of hydrogen-bond acceptors (Lipinski definition) is 5. The van der Waals surface area contributed by atoms with E-state index >= 15 is 0 Å². The van der Waals surface area contributed by atoms with Crippen LogP contribution in [0.15, 0.2) is 72.8 Å². The molecule has 1 heterocycles. The number of hydrogen-bond donors (Lipinski definition) is 3. The minimum Gasteiger partial charge on any atom is -0.456 e. The number of amides is 2. The van der Waals surface area contributed by atoms with E-state index in [1.165, 1.54) is 11.1 Å². The summed E-state index contributed by atoms with van der Waals surface area (Å²) in [5, 5.41) is 25.0. The number of para-hydroxylation sites is 1. The molecule has 0 radical (unpaired) electrons. The molecule has 2 amide bonds. The number of β-amino-alcohol motifs (C(OH)–C–C–N with tert-alkyl or cyclic N) is 1. The van der Waals surface area contributed by atoms with E-state index < -0.39 is 6.10 Å². The SMILES string of the molecule is N#Cc1ccccc1Oc1ccc(NC(=O)NCC(O)CN2CCc3ccccc3C2)cc1.